The van der Waals surface area contributed by atoms with Crippen LogP contribution in [-0.2, 0) is 19.2 Å². The maximum atomic E-state index is 13.8. The van der Waals surface area contributed by atoms with Crippen LogP contribution in [0.3, 0.4) is 0 Å². The van der Waals surface area contributed by atoms with Crippen LogP contribution in [-0.4, -0.2) is 36.9 Å². The van der Waals surface area contributed by atoms with Gasteiger partial charge in [0.05, 0.1) is 7.11 Å². The van der Waals surface area contributed by atoms with Crippen LogP contribution in [0.2, 0.25) is 0 Å². The Labute approximate surface area is 163 Å². The van der Waals surface area contributed by atoms with Gasteiger partial charge >= 0.3 is 6.18 Å². The number of rotatable bonds is 5. The average Bonchev–Trinajstić information content (AvgIpc) is 2.73. The van der Waals surface area contributed by atoms with Gasteiger partial charge in [-0.2, -0.15) is 24.9 Å². The van der Waals surface area contributed by atoms with E-state index < -0.39 is 24.0 Å². The minimum Gasteiger partial charge on any atom is -0.459 e. The lowest BCUT2D eigenvalue weighted by molar-refractivity contribution is -0.438. The Kier molecular flexibility index (Phi) is 6.40. The Bertz CT molecular complexity index is 568. The van der Waals surface area contributed by atoms with Crippen LogP contribution < -0.4 is 0 Å². The second-order valence-electron chi connectivity index (χ2n) is 7.92. The third-order valence-electron chi connectivity index (χ3n) is 6.19. The largest absolute Gasteiger partial charge is 0.459 e. The number of hydrogen-bond donors (Lipinski definition) is 0. The minimum atomic E-state index is -4.53. The highest BCUT2D eigenvalue weighted by Crippen LogP contribution is 2.55. The topological polar surface area (TPSA) is 36.9 Å². The van der Waals surface area contributed by atoms with Crippen molar-refractivity contribution in [2.45, 2.75) is 64.7 Å². The van der Waals surface area contributed by atoms with Crippen LogP contribution in [0.25, 0.3) is 0 Å². The lowest BCUT2D eigenvalue weighted by Gasteiger charge is -2.48. The molecule has 2 aliphatic heterocycles. The fraction of sp³-hybridized carbons (Fsp3) is 0.895. The standard InChI is InChI=1S/C19H29F3O4S/c1-5-27-10-14-13-7-6-11(2)12-8-9-18(3,26-23-4)25-17(15(12)13)24-16(14)19(20,21)22/h11-13,15,17H,5-10H2,1-4H3/t11-,12+,13+,15?,17-,18-/m1/s1. The molecule has 4 nitrogen and oxygen atoms in total. The summed E-state index contributed by atoms with van der Waals surface area (Å²) in [4.78, 5) is 10.1. The second kappa shape index (κ2) is 8.13. The van der Waals surface area contributed by atoms with Gasteiger partial charge in [-0.3, -0.25) is 0 Å². The average molecular weight is 410 g/mol. The molecule has 0 spiro atoms. The molecule has 3 aliphatic rings. The molecule has 0 bridgehead atoms. The molecular weight excluding hydrogens is 381 g/mol. The predicted molar refractivity (Wildman–Crippen MR) is 96.6 cm³/mol. The molecule has 0 aromatic rings. The number of hydrogen-bond acceptors (Lipinski definition) is 5. The normalized spacial score (nSPS) is 39.6. The van der Waals surface area contributed by atoms with Crippen LogP contribution in [0, 0.1) is 23.7 Å². The van der Waals surface area contributed by atoms with Crippen molar-refractivity contribution in [2.24, 2.45) is 23.7 Å². The van der Waals surface area contributed by atoms with E-state index in [9.17, 15) is 13.2 Å². The Morgan fingerprint density at radius 3 is 2.63 bits per heavy atom. The lowest BCUT2D eigenvalue weighted by atomic mass is 9.62. The van der Waals surface area contributed by atoms with E-state index in [0.29, 0.717) is 23.7 Å². The molecule has 0 aromatic heterocycles. The van der Waals surface area contributed by atoms with E-state index in [1.807, 2.05) is 6.92 Å². The number of alkyl halides is 3. The third kappa shape index (κ3) is 4.28. The Balaban J connectivity index is 2.02. The summed E-state index contributed by atoms with van der Waals surface area (Å²) in [5.41, 5.74) is 0.410. The molecule has 0 radical (unpaired) electrons. The molecule has 156 valence electrons. The van der Waals surface area contributed by atoms with Crippen molar-refractivity contribution < 1.29 is 32.4 Å². The monoisotopic (exact) mass is 410 g/mol. The van der Waals surface area contributed by atoms with Gasteiger partial charge in [0.15, 0.2) is 0 Å². The predicted octanol–water partition coefficient (Wildman–Crippen LogP) is 5.30. The quantitative estimate of drug-likeness (QED) is 0.454. The summed E-state index contributed by atoms with van der Waals surface area (Å²) in [6, 6.07) is 0. The fourth-order valence-corrected chi connectivity index (χ4v) is 5.72. The number of thioether (sulfide) groups is 1. The molecule has 2 heterocycles. The molecule has 0 N–H and O–H groups in total. The van der Waals surface area contributed by atoms with Crippen LogP contribution in [0.5, 0.6) is 0 Å². The highest BCUT2D eigenvalue weighted by molar-refractivity contribution is 7.99. The Hall–Kier alpha value is -0.440. The first-order valence-corrected chi connectivity index (χ1v) is 10.8. The Morgan fingerprint density at radius 1 is 1.26 bits per heavy atom. The highest BCUT2D eigenvalue weighted by atomic mass is 32.2. The number of halogens is 3. The summed E-state index contributed by atoms with van der Waals surface area (Å²) in [5, 5.41) is 0. The van der Waals surface area contributed by atoms with Crippen LogP contribution in [0.1, 0.15) is 46.5 Å². The zero-order chi connectivity index (χ0) is 19.8. The van der Waals surface area contributed by atoms with Crippen LogP contribution in [0.4, 0.5) is 13.2 Å². The van der Waals surface area contributed by atoms with Gasteiger partial charge in [-0.15, -0.1) is 0 Å². The number of allylic oxidation sites excluding steroid dienone is 1. The molecular formula is C19H29F3O4S. The van der Waals surface area contributed by atoms with Crippen molar-refractivity contribution in [3.05, 3.63) is 11.3 Å². The number of ether oxygens (including phenoxy) is 2. The first kappa shape index (κ1) is 21.3. The summed E-state index contributed by atoms with van der Waals surface area (Å²) in [6.45, 7) is 5.84. The van der Waals surface area contributed by atoms with Crippen LogP contribution in [0.15, 0.2) is 11.3 Å². The summed E-state index contributed by atoms with van der Waals surface area (Å²) in [6.07, 6.45) is -2.46. The molecule has 0 amide bonds. The van der Waals surface area contributed by atoms with Crippen molar-refractivity contribution in [1.82, 2.24) is 0 Å². The van der Waals surface area contributed by atoms with Crippen molar-refractivity contribution in [2.75, 3.05) is 18.6 Å². The van der Waals surface area contributed by atoms with E-state index in [-0.39, 0.29) is 17.8 Å². The molecule has 1 saturated heterocycles. The summed E-state index contributed by atoms with van der Waals surface area (Å²) in [7, 11) is 1.38. The third-order valence-corrected chi connectivity index (χ3v) is 7.11. The van der Waals surface area contributed by atoms with Crippen molar-refractivity contribution in [3.63, 3.8) is 0 Å². The fourth-order valence-electron chi connectivity index (χ4n) is 4.95. The first-order valence-electron chi connectivity index (χ1n) is 9.64. The van der Waals surface area contributed by atoms with Gasteiger partial charge in [-0.05, 0) is 55.3 Å². The van der Waals surface area contributed by atoms with E-state index >= 15 is 0 Å². The summed E-state index contributed by atoms with van der Waals surface area (Å²) in [5.74, 6) is -0.443. The van der Waals surface area contributed by atoms with Crippen molar-refractivity contribution in [3.8, 4) is 0 Å². The molecule has 8 heteroatoms. The van der Waals surface area contributed by atoms with Gasteiger partial charge in [0.1, 0.15) is 0 Å². The van der Waals surface area contributed by atoms with E-state index in [1.54, 1.807) is 6.92 Å². The molecule has 3 rings (SSSR count). The molecule has 2 fully saturated rings. The van der Waals surface area contributed by atoms with Gasteiger partial charge in [-0.1, -0.05) is 13.8 Å². The Morgan fingerprint density at radius 2 is 2.00 bits per heavy atom. The van der Waals surface area contributed by atoms with E-state index in [1.165, 1.54) is 18.9 Å². The zero-order valence-electron chi connectivity index (χ0n) is 16.3. The van der Waals surface area contributed by atoms with Gasteiger partial charge in [0.25, 0.3) is 0 Å². The maximum Gasteiger partial charge on any atom is 0.449 e. The maximum absolute atomic E-state index is 13.8. The highest BCUT2D eigenvalue weighted by Gasteiger charge is 2.56. The molecule has 1 aliphatic carbocycles. The lowest BCUT2D eigenvalue weighted by Crippen LogP contribution is -2.49. The van der Waals surface area contributed by atoms with Crippen LogP contribution >= 0.6 is 11.8 Å². The van der Waals surface area contributed by atoms with Gasteiger partial charge in [-0.25, -0.2) is 9.78 Å². The van der Waals surface area contributed by atoms with E-state index in [2.05, 4.69) is 6.92 Å². The molecule has 6 atom stereocenters. The molecule has 0 aromatic carbocycles. The summed E-state index contributed by atoms with van der Waals surface area (Å²) < 4.78 is 53.0. The summed E-state index contributed by atoms with van der Waals surface area (Å²) >= 11 is 1.51. The molecule has 27 heavy (non-hydrogen) atoms. The molecule has 1 saturated carbocycles. The zero-order valence-corrected chi connectivity index (χ0v) is 17.1. The van der Waals surface area contributed by atoms with Crippen molar-refractivity contribution >= 4 is 11.8 Å². The van der Waals surface area contributed by atoms with E-state index in [0.717, 1.165) is 25.0 Å². The van der Waals surface area contributed by atoms with E-state index in [4.69, 9.17) is 19.2 Å². The van der Waals surface area contributed by atoms with Gasteiger partial charge < -0.3 is 9.47 Å². The minimum absolute atomic E-state index is 0.0883. The molecule has 1 unspecified atom stereocenters. The van der Waals surface area contributed by atoms with Gasteiger partial charge in [0.2, 0.25) is 17.8 Å². The van der Waals surface area contributed by atoms with Gasteiger partial charge in [0, 0.05) is 18.1 Å². The SMILES string of the molecule is CCSCC1=C(C(F)(F)F)O[C@@H]2O[C@](C)(OOC)CC[C@@H]3C2[C@H]1CC[C@H]3C. The van der Waals surface area contributed by atoms with Crippen molar-refractivity contribution in [1.29, 1.82) is 0 Å². The first-order chi connectivity index (χ1) is 12.7. The second-order valence-corrected chi connectivity index (χ2v) is 9.19. The smallest absolute Gasteiger partial charge is 0.449 e.